The van der Waals surface area contributed by atoms with Crippen LogP contribution in [0.5, 0.6) is 0 Å². The summed E-state index contributed by atoms with van der Waals surface area (Å²) in [5, 5.41) is 0. The smallest absolute Gasteiger partial charge is 0.335 e. The van der Waals surface area contributed by atoms with Gasteiger partial charge in [0.25, 0.3) is 0 Å². The van der Waals surface area contributed by atoms with Gasteiger partial charge in [0, 0.05) is 6.54 Å². The summed E-state index contributed by atoms with van der Waals surface area (Å²) in [6.07, 6.45) is 1.65. The van der Waals surface area contributed by atoms with Crippen molar-refractivity contribution in [2.45, 2.75) is 31.7 Å². The summed E-state index contributed by atoms with van der Waals surface area (Å²) in [6, 6.07) is 13.7. The maximum absolute atomic E-state index is 13.4. The normalized spacial score (nSPS) is 17.6. The first-order valence-corrected chi connectivity index (χ1v) is 10.3. The fraction of sp³-hybridized carbons (Fsp3) is 0.286. The Morgan fingerprint density at radius 1 is 1.15 bits per heavy atom. The molecule has 0 radical (unpaired) electrons. The number of carbonyl (C=O) groups excluding carboxylic acids is 1. The lowest BCUT2D eigenvalue weighted by molar-refractivity contribution is -0.138. The monoisotopic (exact) mass is 385 g/mol. The van der Waals surface area contributed by atoms with Gasteiger partial charge in [-0.1, -0.05) is 54.1 Å². The molecule has 142 valence electrons. The molecule has 2 aromatic rings. The molecule has 1 unspecified atom stereocenters. The highest BCUT2D eigenvalue weighted by atomic mass is 32.2. The van der Waals surface area contributed by atoms with Gasteiger partial charge in [-0.05, 0) is 38.0 Å². The molecule has 0 saturated heterocycles. The molecule has 1 aliphatic heterocycles. The first-order chi connectivity index (χ1) is 12.9. The standard InChI is InChI=1S/C21H23NO4S/c1-4-26-21(23)18-12-13-22(20(18)17-10-7-8-15(2)14-17)27(24,25)19-11-6-5-9-16(19)3/h5-12,14,20H,4,13H2,1-3H3. The highest BCUT2D eigenvalue weighted by molar-refractivity contribution is 7.89. The Bertz CT molecular complexity index is 995. The van der Waals surface area contributed by atoms with E-state index in [9.17, 15) is 13.2 Å². The number of hydrogen-bond donors (Lipinski definition) is 0. The van der Waals surface area contributed by atoms with E-state index >= 15 is 0 Å². The summed E-state index contributed by atoms with van der Waals surface area (Å²) in [6.45, 7) is 5.80. The molecule has 0 fully saturated rings. The minimum absolute atomic E-state index is 0.128. The molecular weight excluding hydrogens is 362 g/mol. The van der Waals surface area contributed by atoms with Crippen molar-refractivity contribution in [2.24, 2.45) is 0 Å². The van der Waals surface area contributed by atoms with Crippen LogP contribution in [0.3, 0.4) is 0 Å². The van der Waals surface area contributed by atoms with Crippen molar-refractivity contribution in [2.75, 3.05) is 13.2 Å². The third kappa shape index (κ3) is 3.68. The Hall–Kier alpha value is -2.44. The fourth-order valence-electron chi connectivity index (χ4n) is 3.36. The minimum atomic E-state index is -3.79. The van der Waals surface area contributed by atoms with Crippen LogP contribution in [0.4, 0.5) is 0 Å². The average Bonchev–Trinajstić information content (AvgIpc) is 3.08. The molecule has 2 aromatic carbocycles. The summed E-state index contributed by atoms with van der Waals surface area (Å²) in [5.74, 6) is -0.480. The van der Waals surface area contributed by atoms with Crippen molar-refractivity contribution >= 4 is 16.0 Å². The van der Waals surface area contributed by atoms with Gasteiger partial charge in [0.2, 0.25) is 10.0 Å². The van der Waals surface area contributed by atoms with E-state index in [1.807, 2.05) is 31.2 Å². The number of esters is 1. The van der Waals surface area contributed by atoms with Crippen LogP contribution >= 0.6 is 0 Å². The van der Waals surface area contributed by atoms with Crippen LogP contribution in [0.1, 0.15) is 29.7 Å². The van der Waals surface area contributed by atoms with E-state index in [1.165, 1.54) is 4.31 Å². The molecular formula is C21H23NO4S. The van der Waals surface area contributed by atoms with Gasteiger partial charge >= 0.3 is 5.97 Å². The molecule has 0 N–H and O–H groups in total. The molecule has 6 heteroatoms. The van der Waals surface area contributed by atoms with Gasteiger partial charge in [-0.15, -0.1) is 0 Å². The molecule has 0 amide bonds. The van der Waals surface area contributed by atoms with Crippen molar-refractivity contribution in [3.8, 4) is 0 Å². The van der Waals surface area contributed by atoms with Gasteiger partial charge in [-0.3, -0.25) is 0 Å². The summed E-state index contributed by atoms with van der Waals surface area (Å²) >= 11 is 0. The van der Waals surface area contributed by atoms with Crippen molar-refractivity contribution < 1.29 is 17.9 Å². The molecule has 1 aliphatic rings. The van der Waals surface area contributed by atoms with E-state index in [1.54, 1.807) is 44.2 Å². The summed E-state index contributed by atoms with van der Waals surface area (Å²) in [7, 11) is -3.79. The van der Waals surface area contributed by atoms with E-state index < -0.39 is 22.0 Å². The zero-order valence-corrected chi connectivity index (χ0v) is 16.5. The molecule has 5 nitrogen and oxygen atoms in total. The first kappa shape index (κ1) is 19.3. The highest BCUT2D eigenvalue weighted by Gasteiger charge is 2.41. The number of sulfonamides is 1. The Morgan fingerprint density at radius 3 is 2.56 bits per heavy atom. The van der Waals surface area contributed by atoms with Crippen LogP contribution in [-0.2, 0) is 19.6 Å². The molecule has 3 rings (SSSR count). The number of nitrogens with zero attached hydrogens (tertiary/aromatic N) is 1. The SMILES string of the molecule is CCOC(=O)C1=CCN(S(=O)(=O)c2ccccc2C)C1c1cccc(C)c1. The molecule has 0 bridgehead atoms. The number of hydrogen-bond acceptors (Lipinski definition) is 4. The van der Waals surface area contributed by atoms with Gasteiger partial charge in [0.15, 0.2) is 0 Å². The Labute approximate surface area is 160 Å². The summed E-state index contributed by atoms with van der Waals surface area (Å²) in [4.78, 5) is 12.7. The van der Waals surface area contributed by atoms with Crippen molar-refractivity contribution in [1.82, 2.24) is 4.31 Å². The van der Waals surface area contributed by atoms with Gasteiger partial charge < -0.3 is 4.74 Å². The lowest BCUT2D eigenvalue weighted by Gasteiger charge is -2.27. The van der Waals surface area contributed by atoms with Gasteiger partial charge in [-0.25, -0.2) is 13.2 Å². The van der Waals surface area contributed by atoms with Crippen LogP contribution < -0.4 is 0 Å². The third-order valence-corrected chi connectivity index (χ3v) is 6.61. The zero-order valence-electron chi connectivity index (χ0n) is 15.7. The molecule has 0 aliphatic carbocycles. The van der Waals surface area contributed by atoms with Crippen LogP contribution in [0.25, 0.3) is 0 Å². The van der Waals surface area contributed by atoms with Crippen LogP contribution in [-0.4, -0.2) is 31.8 Å². The van der Waals surface area contributed by atoms with E-state index in [-0.39, 0.29) is 18.0 Å². The number of aryl methyl sites for hydroxylation is 2. The maximum atomic E-state index is 13.4. The first-order valence-electron chi connectivity index (χ1n) is 8.87. The summed E-state index contributed by atoms with van der Waals surface area (Å²) in [5.41, 5.74) is 2.78. The molecule has 0 spiro atoms. The molecule has 1 atom stereocenters. The lowest BCUT2D eigenvalue weighted by atomic mass is 9.99. The average molecular weight is 385 g/mol. The maximum Gasteiger partial charge on any atom is 0.335 e. The quantitative estimate of drug-likeness (QED) is 0.739. The highest BCUT2D eigenvalue weighted by Crippen LogP contribution is 2.38. The second kappa shape index (κ2) is 7.66. The third-order valence-electron chi connectivity index (χ3n) is 4.62. The number of rotatable bonds is 5. The van der Waals surface area contributed by atoms with Crippen molar-refractivity contribution in [3.05, 3.63) is 76.9 Å². The van der Waals surface area contributed by atoms with Crippen LogP contribution in [0.15, 0.2) is 65.1 Å². The zero-order chi connectivity index (χ0) is 19.6. The number of carbonyl (C=O) groups is 1. The van der Waals surface area contributed by atoms with Gasteiger partial charge in [-0.2, -0.15) is 4.31 Å². The largest absolute Gasteiger partial charge is 0.463 e. The molecule has 0 aromatic heterocycles. The second-order valence-corrected chi connectivity index (χ2v) is 8.40. The molecule has 27 heavy (non-hydrogen) atoms. The molecule has 1 heterocycles. The Morgan fingerprint density at radius 2 is 1.89 bits per heavy atom. The van der Waals surface area contributed by atoms with Gasteiger partial charge in [0.05, 0.1) is 23.1 Å². The topological polar surface area (TPSA) is 63.7 Å². The van der Waals surface area contributed by atoms with Crippen LogP contribution in [0, 0.1) is 13.8 Å². The predicted molar refractivity (Wildman–Crippen MR) is 104 cm³/mol. The summed E-state index contributed by atoms with van der Waals surface area (Å²) < 4.78 is 33.3. The van der Waals surface area contributed by atoms with Crippen LogP contribution in [0.2, 0.25) is 0 Å². The van der Waals surface area contributed by atoms with Crippen molar-refractivity contribution in [1.29, 1.82) is 0 Å². The molecule has 0 saturated carbocycles. The lowest BCUT2D eigenvalue weighted by Crippen LogP contribution is -2.34. The Kier molecular flexibility index (Phi) is 5.48. The Balaban J connectivity index is 2.10. The second-order valence-electron chi connectivity index (χ2n) is 6.54. The van der Waals surface area contributed by atoms with E-state index in [2.05, 4.69) is 0 Å². The predicted octanol–water partition coefficient (Wildman–Crippen LogP) is 3.54. The fourth-order valence-corrected chi connectivity index (χ4v) is 5.13. The van der Waals surface area contributed by atoms with Crippen molar-refractivity contribution in [3.63, 3.8) is 0 Å². The van der Waals surface area contributed by atoms with E-state index in [0.717, 1.165) is 11.1 Å². The van der Waals surface area contributed by atoms with E-state index in [4.69, 9.17) is 4.74 Å². The van der Waals surface area contributed by atoms with Gasteiger partial charge in [0.1, 0.15) is 0 Å². The number of ether oxygens (including phenoxy) is 1. The van der Waals surface area contributed by atoms with E-state index in [0.29, 0.717) is 11.1 Å². The number of benzene rings is 2. The minimum Gasteiger partial charge on any atom is -0.463 e.